The molecule has 0 amide bonds. The van der Waals surface area contributed by atoms with Gasteiger partial charge in [-0.1, -0.05) is 55.1 Å². The van der Waals surface area contributed by atoms with E-state index in [1.807, 2.05) is 6.07 Å². The van der Waals surface area contributed by atoms with E-state index in [2.05, 4.69) is 6.58 Å². The van der Waals surface area contributed by atoms with E-state index in [0.717, 1.165) is 6.08 Å². The molecule has 0 spiro atoms. The van der Waals surface area contributed by atoms with Crippen LogP contribution in [-0.4, -0.2) is 20.1 Å². The number of rotatable bonds is 6. The molecule has 0 heterocycles. The minimum atomic E-state index is -3.57. The molecule has 2 aromatic carbocycles. The predicted molar refractivity (Wildman–Crippen MR) is 84.0 cm³/mol. The third-order valence-corrected chi connectivity index (χ3v) is 4.80. The van der Waals surface area contributed by atoms with Gasteiger partial charge in [0.1, 0.15) is 6.10 Å². The standard InChI is InChI=1S/C17H16O4S/c1-2-17(18)21-16(14-9-5-3-6-10-14)13-22(19,20)15-11-7-4-8-12-15/h2-12,16H,1,13H2/t16-/m0/s1. The molecule has 1 atom stereocenters. The smallest absolute Gasteiger partial charge is 0.330 e. The fourth-order valence-electron chi connectivity index (χ4n) is 1.98. The van der Waals surface area contributed by atoms with Gasteiger partial charge in [0.15, 0.2) is 9.84 Å². The van der Waals surface area contributed by atoms with Crippen molar-refractivity contribution in [2.24, 2.45) is 0 Å². The molecule has 0 fully saturated rings. The van der Waals surface area contributed by atoms with Gasteiger partial charge < -0.3 is 4.74 Å². The Kier molecular flexibility index (Phi) is 5.12. The third-order valence-electron chi connectivity index (χ3n) is 3.07. The minimum Gasteiger partial charge on any atom is -0.453 e. The summed E-state index contributed by atoms with van der Waals surface area (Å²) in [6, 6.07) is 16.9. The quantitative estimate of drug-likeness (QED) is 0.607. The third kappa shape index (κ3) is 4.05. The van der Waals surface area contributed by atoms with Gasteiger partial charge in [-0.2, -0.15) is 0 Å². The van der Waals surface area contributed by atoms with Gasteiger partial charge >= 0.3 is 5.97 Å². The maximum atomic E-state index is 12.5. The van der Waals surface area contributed by atoms with Crippen LogP contribution in [0.5, 0.6) is 0 Å². The second-order valence-corrected chi connectivity index (χ2v) is 6.67. The van der Waals surface area contributed by atoms with Gasteiger partial charge in [0, 0.05) is 6.08 Å². The van der Waals surface area contributed by atoms with Crippen molar-refractivity contribution in [1.29, 1.82) is 0 Å². The molecular weight excluding hydrogens is 300 g/mol. The van der Waals surface area contributed by atoms with E-state index in [-0.39, 0.29) is 10.6 Å². The molecule has 0 saturated heterocycles. The summed E-state index contributed by atoms with van der Waals surface area (Å²) in [5.41, 5.74) is 0.622. The van der Waals surface area contributed by atoms with Gasteiger partial charge in [0.05, 0.1) is 10.6 Å². The predicted octanol–water partition coefficient (Wildman–Crippen LogP) is 2.93. The van der Waals surface area contributed by atoms with E-state index in [4.69, 9.17) is 4.74 Å². The molecule has 0 aliphatic rings. The molecule has 0 N–H and O–H groups in total. The van der Waals surface area contributed by atoms with Crippen molar-refractivity contribution >= 4 is 15.8 Å². The molecule has 2 rings (SSSR count). The summed E-state index contributed by atoms with van der Waals surface area (Å²) in [5.74, 6) is -0.974. The first kappa shape index (κ1) is 16.0. The molecule has 0 saturated carbocycles. The van der Waals surface area contributed by atoms with E-state index >= 15 is 0 Å². The summed E-state index contributed by atoms with van der Waals surface area (Å²) >= 11 is 0. The molecule has 0 bridgehead atoms. The van der Waals surface area contributed by atoms with Crippen LogP contribution >= 0.6 is 0 Å². The summed E-state index contributed by atoms with van der Waals surface area (Å²) in [4.78, 5) is 11.7. The summed E-state index contributed by atoms with van der Waals surface area (Å²) in [6.07, 6.45) is 0.141. The molecule has 4 nitrogen and oxygen atoms in total. The molecule has 0 radical (unpaired) electrons. The Bertz CT molecular complexity index is 737. The molecule has 5 heteroatoms. The zero-order valence-electron chi connectivity index (χ0n) is 11.9. The van der Waals surface area contributed by atoms with Crippen molar-refractivity contribution in [3.63, 3.8) is 0 Å². The van der Waals surface area contributed by atoms with E-state index in [1.54, 1.807) is 42.5 Å². The molecule has 0 aromatic heterocycles. The number of carbonyl (C=O) groups is 1. The number of benzene rings is 2. The van der Waals surface area contributed by atoms with E-state index in [9.17, 15) is 13.2 Å². The number of carbonyl (C=O) groups excluding carboxylic acids is 1. The Morgan fingerprint density at radius 3 is 2.14 bits per heavy atom. The first-order valence-corrected chi connectivity index (χ1v) is 8.34. The van der Waals surface area contributed by atoms with Crippen LogP contribution in [0.3, 0.4) is 0 Å². The average molecular weight is 316 g/mol. The highest BCUT2D eigenvalue weighted by Gasteiger charge is 2.25. The maximum absolute atomic E-state index is 12.5. The van der Waals surface area contributed by atoms with Crippen LogP contribution in [0.1, 0.15) is 11.7 Å². The fraction of sp³-hybridized carbons (Fsp3) is 0.118. The van der Waals surface area contributed by atoms with E-state index < -0.39 is 21.9 Å². The highest BCUT2D eigenvalue weighted by atomic mass is 32.2. The fourth-order valence-corrected chi connectivity index (χ4v) is 3.40. The largest absolute Gasteiger partial charge is 0.453 e. The first-order valence-electron chi connectivity index (χ1n) is 6.69. The summed E-state index contributed by atoms with van der Waals surface area (Å²) in [5, 5.41) is 0. The number of sulfone groups is 1. The van der Waals surface area contributed by atoms with Crippen LogP contribution in [-0.2, 0) is 19.4 Å². The number of ether oxygens (including phenoxy) is 1. The van der Waals surface area contributed by atoms with Crippen molar-refractivity contribution in [3.05, 3.63) is 78.9 Å². The molecule has 0 aliphatic carbocycles. The molecule has 22 heavy (non-hydrogen) atoms. The first-order chi connectivity index (χ1) is 10.5. The lowest BCUT2D eigenvalue weighted by atomic mass is 10.1. The van der Waals surface area contributed by atoms with Gasteiger partial charge in [-0.3, -0.25) is 0 Å². The highest BCUT2D eigenvalue weighted by Crippen LogP contribution is 2.23. The zero-order valence-corrected chi connectivity index (χ0v) is 12.7. The SMILES string of the molecule is C=CC(=O)O[C@@H](CS(=O)(=O)c1ccccc1)c1ccccc1. The molecule has 0 aliphatic heterocycles. The summed E-state index contributed by atoms with van der Waals surface area (Å²) < 4.78 is 30.1. The normalized spacial score (nSPS) is 12.4. The Balaban J connectivity index is 2.30. The number of hydrogen-bond donors (Lipinski definition) is 0. The van der Waals surface area contributed by atoms with Gasteiger partial charge in [-0.15, -0.1) is 0 Å². The van der Waals surface area contributed by atoms with Gasteiger partial charge in [0.25, 0.3) is 0 Å². The molecule has 114 valence electrons. The van der Waals surface area contributed by atoms with Crippen LogP contribution in [0.4, 0.5) is 0 Å². The monoisotopic (exact) mass is 316 g/mol. The van der Waals surface area contributed by atoms with Gasteiger partial charge in [0.2, 0.25) is 0 Å². The second-order valence-electron chi connectivity index (χ2n) is 4.63. The van der Waals surface area contributed by atoms with Gasteiger partial charge in [-0.05, 0) is 17.7 Å². The Hall–Kier alpha value is -2.40. The maximum Gasteiger partial charge on any atom is 0.330 e. The average Bonchev–Trinajstić information content (AvgIpc) is 2.55. The van der Waals surface area contributed by atoms with Crippen molar-refractivity contribution in [2.75, 3.05) is 5.75 Å². The van der Waals surface area contributed by atoms with Crippen molar-refractivity contribution in [3.8, 4) is 0 Å². The van der Waals surface area contributed by atoms with Crippen LogP contribution in [0, 0.1) is 0 Å². The summed E-state index contributed by atoms with van der Waals surface area (Å²) in [6.45, 7) is 3.34. The van der Waals surface area contributed by atoms with Crippen LogP contribution in [0.15, 0.2) is 78.2 Å². The van der Waals surface area contributed by atoms with Gasteiger partial charge in [-0.25, -0.2) is 13.2 Å². The van der Waals surface area contributed by atoms with Crippen molar-refractivity contribution in [1.82, 2.24) is 0 Å². The Labute approximate surface area is 130 Å². The van der Waals surface area contributed by atoms with Crippen LogP contribution in [0.2, 0.25) is 0 Å². The van der Waals surface area contributed by atoms with Crippen LogP contribution in [0.25, 0.3) is 0 Å². The lowest BCUT2D eigenvalue weighted by molar-refractivity contribution is -0.142. The summed E-state index contributed by atoms with van der Waals surface area (Å²) in [7, 11) is -3.57. The Morgan fingerprint density at radius 2 is 1.59 bits per heavy atom. The Morgan fingerprint density at radius 1 is 1.05 bits per heavy atom. The topological polar surface area (TPSA) is 60.4 Å². The lowest BCUT2D eigenvalue weighted by Crippen LogP contribution is -2.19. The second kappa shape index (κ2) is 7.04. The van der Waals surface area contributed by atoms with Crippen LogP contribution < -0.4 is 0 Å². The minimum absolute atomic E-state index is 0.200. The van der Waals surface area contributed by atoms with Crippen molar-refractivity contribution < 1.29 is 17.9 Å². The zero-order chi connectivity index (χ0) is 16.0. The molecule has 0 unspecified atom stereocenters. The number of esters is 1. The van der Waals surface area contributed by atoms with E-state index in [1.165, 1.54) is 12.1 Å². The molecule has 2 aromatic rings. The van der Waals surface area contributed by atoms with E-state index in [0.29, 0.717) is 5.56 Å². The number of hydrogen-bond acceptors (Lipinski definition) is 4. The molecular formula is C17H16O4S. The highest BCUT2D eigenvalue weighted by molar-refractivity contribution is 7.91. The lowest BCUT2D eigenvalue weighted by Gasteiger charge is -2.17. The van der Waals surface area contributed by atoms with Crippen molar-refractivity contribution in [2.45, 2.75) is 11.0 Å².